The van der Waals surface area contributed by atoms with Gasteiger partial charge >= 0.3 is 0 Å². The second-order valence-electron chi connectivity index (χ2n) is 3.90. The molecule has 0 fully saturated rings. The van der Waals surface area contributed by atoms with Crippen molar-refractivity contribution < 1.29 is 4.84 Å². The van der Waals surface area contributed by atoms with Crippen LogP contribution in [0.1, 0.15) is 16.8 Å². The van der Waals surface area contributed by atoms with E-state index in [1.165, 1.54) is 5.56 Å². The van der Waals surface area contributed by atoms with Crippen molar-refractivity contribution in [3.8, 4) is 0 Å². The zero-order valence-corrected chi connectivity index (χ0v) is 9.89. The number of nitrogens with one attached hydrogen (secondary N) is 1. The summed E-state index contributed by atoms with van der Waals surface area (Å²) in [6.45, 7) is 3.25. The summed E-state index contributed by atoms with van der Waals surface area (Å²) in [4.78, 5) is 9.54. The molecule has 1 heterocycles. The van der Waals surface area contributed by atoms with Gasteiger partial charge in [0.05, 0.1) is 6.61 Å². The van der Waals surface area contributed by atoms with E-state index in [2.05, 4.69) is 10.5 Å². The average Bonchev–Trinajstić information content (AvgIpc) is 2.36. The fourth-order valence-corrected chi connectivity index (χ4v) is 1.56. The first-order valence-corrected chi connectivity index (χ1v) is 5.65. The summed E-state index contributed by atoms with van der Waals surface area (Å²) in [5.41, 5.74) is 6.30. The highest BCUT2D eigenvalue weighted by molar-refractivity contribution is 5.15. The molecule has 3 nitrogen and oxygen atoms in total. The third kappa shape index (κ3) is 3.98. The first-order valence-electron chi connectivity index (χ1n) is 5.65. The summed E-state index contributed by atoms with van der Waals surface area (Å²) in [5, 5.41) is 0. The Labute approximate surface area is 101 Å². The number of hydrogen-bond acceptors (Lipinski definition) is 3. The first kappa shape index (κ1) is 11.8. The summed E-state index contributed by atoms with van der Waals surface area (Å²) in [7, 11) is 0. The van der Waals surface area contributed by atoms with Gasteiger partial charge in [-0.3, -0.25) is 9.82 Å². The lowest BCUT2D eigenvalue weighted by Crippen LogP contribution is -2.14. The molecule has 0 radical (unpaired) electrons. The topological polar surface area (TPSA) is 34.1 Å². The number of pyridine rings is 1. The Morgan fingerprint density at radius 1 is 1.12 bits per heavy atom. The Morgan fingerprint density at radius 2 is 1.94 bits per heavy atom. The van der Waals surface area contributed by atoms with Gasteiger partial charge in [-0.1, -0.05) is 30.3 Å². The lowest BCUT2D eigenvalue weighted by atomic mass is 10.2. The fourth-order valence-electron chi connectivity index (χ4n) is 1.56. The SMILES string of the molecule is Cc1cc(CNOCc2ccccc2)ccn1. The Morgan fingerprint density at radius 3 is 2.71 bits per heavy atom. The van der Waals surface area contributed by atoms with Gasteiger partial charge < -0.3 is 0 Å². The number of nitrogens with zero attached hydrogens (tertiary/aromatic N) is 1. The van der Waals surface area contributed by atoms with E-state index < -0.39 is 0 Å². The van der Waals surface area contributed by atoms with E-state index in [9.17, 15) is 0 Å². The van der Waals surface area contributed by atoms with Gasteiger partial charge in [-0.05, 0) is 30.2 Å². The average molecular weight is 228 g/mol. The van der Waals surface area contributed by atoms with Crippen molar-refractivity contribution in [2.45, 2.75) is 20.1 Å². The van der Waals surface area contributed by atoms with Crippen LogP contribution in [0.3, 0.4) is 0 Å². The van der Waals surface area contributed by atoms with E-state index in [0.29, 0.717) is 13.2 Å². The van der Waals surface area contributed by atoms with E-state index in [1.54, 1.807) is 0 Å². The van der Waals surface area contributed by atoms with Crippen LogP contribution in [0.4, 0.5) is 0 Å². The molecule has 88 valence electrons. The molecule has 1 aromatic carbocycles. The van der Waals surface area contributed by atoms with Crippen LogP contribution in [0, 0.1) is 6.92 Å². The maximum atomic E-state index is 5.39. The minimum Gasteiger partial charge on any atom is -0.297 e. The number of benzene rings is 1. The molecule has 17 heavy (non-hydrogen) atoms. The van der Waals surface area contributed by atoms with Crippen LogP contribution in [0.2, 0.25) is 0 Å². The summed E-state index contributed by atoms with van der Waals surface area (Å²) >= 11 is 0. The zero-order chi connectivity index (χ0) is 11.9. The van der Waals surface area contributed by atoms with Gasteiger partial charge in [-0.15, -0.1) is 0 Å². The summed E-state index contributed by atoms with van der Waals surface area (Å²) in [5.74, 6) is 0. The quantitative estimate of drug-likeness (QED) is 0.631. The van der Waals surface area contributed by atoms with Gasteiger partial charge in [0, 0.05) is 18.4 Å². The maximum Gasteiger partial charge on any atom is 0.0933 e. The fraction of sp³-hybridized carbons (Fsp3) is 0.214. The Balaban J connectivity index is 1.73. The Hall–Kier alpha value is -1.71. The molecule has 2 aromatic rings. The van der Waals surface area contributed by atoms with E-state index >= 15 is 0 Å². The van der Waals surface area contributed by atoms with Crippen molar-refractivity contribution in [2.24, 2.45) is 0 Å². The zero-order valence-electron chi connectivity index (χ0n) is 9.89. The molecule has 1 N–H and O–H groups in total. The van der Waals surface area contributed by atoms with E-state index in [0.717, 1.165) is 11.3 Å². The van der Waals surface area contributed by atoms with Crippen LogP contribution in [-0.4, -0.2) is 4.98 Å². The third-order valence-electron chi connectivity index (χ3n) is 2.42. The maximum absolute atomic E-state index is 5.39. The van der Waals surface area contributed by atoms with Gasteiger partial charge in [0.1, 0.15) is 0 Å². The molecule has 0 bridgehead atoms. The Bertz CT molecular complexity index is 457. The largest absolute Gasteiger partial charge is 0.297 e. The molecule has 0 atom stereocenters. The monoisotopic (exact) mass is 228 g/mol. The van der Waals surface area contributed by atoms with Crippen molar-refractivity contribution >= 4 is 0 Å². The molecule has 0 amide bonds. The van der Waals surface area contributed by atoms with Crippen LogP contribution in [-0.2, 0) is 18.0 Å². The number of rotatable bonds is 5. The van der Waals surface area contributed by atoms with Crippen LogP contribution in [0.15, 0.2) is 48.7 Å². The normalized spacial score (nSPS) is 10.4. The van der Waals surface area contributed by atoms with Gasteiger partial charge in [-0.2, -0.15) is 5.48 Å². The minimum atomic E-state index is 0.574. The molecule has 0 unspecified atom stereocenters. The summed E-state index contributed by atoms with van der Waals surface area (Å²) < 4.78 is 0. The highest BCUT2D eigenvalue weighted by Crippen LogP contribution is 2.02. The number of aromatic nitrogens is 1. The molecule has 0 aliphatic heterocycles. The predicted molar refractivity (Wildman–Crippen MR) is 67.0 cm³/mol. The van der Waals surface area contributed by atoms with Gasteiger partial charge in [0.2, 0.25) is 0 Å². The lowest BCUT2D eigenvalue weighted by molar-refractivity contribution is 0.0235. The standard InChI is InChI=1S/C14H16N2O/c1-12-9-14(7-8-15-12)10-16-17-11-13-5-3-2-4-6-13/h2-9,16H,10-11H2,1H3. The highest BCUT2D eigenvalue weighted by atomic mass is 16.6. The molecular formula is C14H16N2O. The van der Waals surface area contributed by atoms with Crippen molar-refractivity contribution in [3.05, 3.63) is 65.5 Å². The highest BCUT2D eigenvalue weighted by Gasteiger charge is 1.94. The molecule has 0 saturated carbocycles. The first-order chi connectivity index (χ1) is 8.34. The summed E-state index contributed by atoms with van der Waals surface area (Å²) in [6.07, 6.45) is 1.81. The molecule has 0 saturated heterocycles. The second-order valence-corrected chi connectivity index (χ2v) is 3.90. The van der Waals surface area contributed by atoms with Gasteiger partial charge in [0.25, 0.3) is 0 Å². The van der Waals surface area contributed by atoms with Crippen LogP contribution in [0.25, 0.3) is 0 Å². The Kier molecular flexibility index (Phi) is 4.24. The molecular weight excluding hydrogens is 212 g/mol. The van der Waals surface area contributed by atoms with Crippen molar-refractivity contribution in [1.82, 2.24) is 10.5 Å². The van der Waals surface area contributed by atoms with E-state index in [-0.39, 0.29) is 0 Å². The molecule has 0 aliphatic rings. The second kappa shape index (κ2) is 6.13. The number of hydrogen-bond donors (Lipinski definition) is 1. The van der Waals surface area contributed by atoms with Crippen molar-refractivity contribution in [1.29, 1.82) is 0 Å². The van der Waals surface area contributed by atoms with E-state index in [4.69, 9.17) is 4.84 Å². The molecule has 0 spiro atoms. The number of aryl methyl sites for hydroxylation is 1. The molecule has 3 heteroatoms. The molecule has 0 aliphatic carbocycles. The predicted octanol–water partition coefficient (Wildman–Crippen LogP) is 2.61. The molecule has 2 rings (SSSR count). The van der Waals surface area contributed by atoms with Crippen LogP contribution >= 0.6 is 0 Å². The lowest BCUT2D eigenvalue weighted by Gasteiger charge is -2.06. The third-order valence-corrected chi connectivity index (χ3v) is 2.42. The molecule has 1 aromatic heterocycles. The van der Waals surface area contributed by atoms with Crippen molar-refractivity contribution in [3.63, 3.8) is 0 Å². The van der Waals surface area contributed by atoms with Crippen LogP contribution in [0.5, 0.6) is 0 Å². The van der Waals surface area contributed by atoms with E-state index in [1.807, 2.05) is 55.6 Å². The van der Waals surface area contributed by atoms with Gasteiger partial charge in [0.15, 0.2) is 0 Å². The van der Waals surface area contributed by atoms with Crippen molar-refractivity contribution in [2.75, 3.05) is 0 Å². The summed E-state index contributed by atoms with van der Waals surface area (Å²) in [6, 6.07) is 14.1. The minimum absolute atomic E-state index is 0.574. The number of hydroxylamine groups is 1. The smallest absolute Gasteiger partial charge is 0.0933 e. The van der Waals surface area contributed by atoms with Crippen LogP contribution < -0.4 is 5.48 Å². The van der Waals surface area contributed by atoms with Gasteiger partial charge in [-0.25, -0.2) is 0 Å².